The minimum Gasteiger partial charge on any atom is -0.491 e. The SMILES string of the molecule is C[C@@H](Nc1ccc2c(c1)OCCn1cc(N3C(=O)OC[C@H]3C(F)F)nc1-2)C(N)=O. The number of carbonyl (C=O) groups excluding carboxylic acids is 2. The Morgan fingerprint density at radius 2 is 2.17 bits per heavy atom. The molecule has 0 spiro atoms. The first-order valence-corrected chi connectivity index (χ1v) is 8.99. The molecule has 4 rings (SSSR count). The second-order valence-electron chi connectivity index (χ2n) is 6.79. The molecule has 9 nitrogen and oxygen atoms in total. The summed E-state index contributed by atoms with van der Waals surface area (Å²) in [6.45, 7) is 1.99. The van der Waals surface area contributed by atoms with Crippen molar-refractivity contribution >= 4 is 23.5 Å². The van der Waals surface area contributed by atoms with Crippen molar-refractivity contribution in [2.24, 2.45) is 5.73 Å². The molecule has 2 aliphatic heterocycles. The number of alkyl halides is 2. The van der Waals surface area contributed by atoms with Crippen molar-refractivity contribution in [1.82, 2.24) is 9.55 Å². The highest BCUT2D eigenvalue weighted by Crippen LogP contribution is 2.36. The van der Waals surface area contributed by atoms with Crippen LogP contribution in [0.3, 0.4) is 0 Å². The molecule has 0 bridgehead atoms. The summed E-state index contributed by atoms with van der Waals surface area (Å²) in [6.07, 6.45) is -2.06. The molecule has 0 saturated carbocycles. The van der Waals surface area contributed by atoms with E-state index in [1.54, 1.807) is 29.7 Å². The fraction of sp³-hybridized carbons (Fsp3) is 0.389. The lowest BCUT2D eigenvalue weighted by Gasteiger charge is -2.17. The highest BCUT2D eigenvalue weighted by molar-refractivity contribution is 5.90. The highest BCUT2D eigenvalue weighted by atomic mass is 19.3. The van der Waals surface area contributed by atoms with Gasteiger partial charge < -0.3 is 25.1 Å². The number of primary amides is 1. The summed E-state index contributed by atoms with van der Waals surface area (Å²) in [7, 11) is 0. The number of carbonyl (C=O) groups is 2. The Labute approximate surface area is 164 Å². The first kappa shape index (κ1) is 19.0. The number of amides is 2. The molecule has 1 fully saturated rings. The van der Waals surface area contributed by atoms with Gasteiger partial charge >= 0.3 is 6.09 Å². The number of ether oxygens (including phenoxy) is 2. The van der Waals surface area contributed by atoms with Gasteiger partial charge in [0, 0.05) is 18.0 Å². The van der Waals surface area contributed by atoms with Gasteiger partial charge in [0.05, 0.1) is 12.1 Å². The van der Waals surface area contributed by atoms with E-state index < -0.39 is 30.5 Å². The van der Waals surface area contributed by atoms with Crippen molar-refractivity contribution < 1.29 is 27.8 Å². The lowest BCUT2D eigenvalue weighted by molar-refractivity contribution is -0.118. The number of hydrogen-bond donors (Lipinski definition) is 2. The summed E-state index contributed by atoms with van der Waals surface area (Å²) in [6, 6.07) is 3.24. The fourth-order valence-corrected chi connectivity index (χ4v) is 3.28. The predicted molar refractivity (Wildman–Crippen MR) is 99.1 cm³/mol. The van der Waals surface area contributed by atoms with Crippen LogP contribution in [0.2, 0.25) is 0 Å². The predicted octanol–water partition coefficient (Wildman–Crippen LogP) is 1.82. The second-order valence-corrected chi connectivity index (χ2v) is 6.79. The first-order valence-electron chi connectivity index (χ1n) is 8.99. The molecule has 3 heterocycles. The lowest BCUT2D eigenvalue weighted by Crippen LogP contribution is -2.38. The van der Waals surface area contributed by atoms with Crippen LogP contribution in [0.5, 0.6) is 5.75 Å². The van der Waals surface area contributed by atoms with E-state index in [4.69, 9.17) is 15.2 Å². The van der Waals surface area contributed by atoms with Gasteiger partial charge in [-0.1, -0.05) is 0 Å². The second kappa shape index (κ2) is 7.22. The molecule has 0 radical (unpaired) electrons. The summed E-state index contributed by atoms with van der Waals surface area (Å²) in [5, 5.41) is 2.98. The monoisotopic (exact) mass is 407 g/mol. The summed E-state index contributed by atoms with van der Waals surface area (Å²) in [5.41, 5.74) is 6.54. The van der Waals surface area contributed by atoms with Crippen LogP contribution in [0, 0.1) is 0 Å². The number of fused-ring (bicyclic) bond motifs is 3. The number of nitrogens with one attached hydrogen (secondary N) is 1. The summed E-state index contributed by atoms with van der Waals surface area (Å²) >= 11 is 0. The third-order valence-corrected chi connectivity index (χ3v) is 4.83. The van der Waals surface area contributed by atoms with Gasteiger partial charge in [-0.2, -0.15) is 0 Å². The zero-order chi connectivity index (χ0) is 20.7. The van der Waals surface area contributed by atoms with Crippen molar-refractivity contribution in [1.29, 1.82) is 0 Å². The van der Waals surface area contributed by atoms with Gasteiger partial charge in [-0.15, -0.1) is 0 Å². The third-order valence-electron chi connectivity index (χ3n) is 4.83. The molecule has 0 aliphatic carbocycles. The summed E-state index contributed by atoms with van der Waals surface area (Å²) in [4.78, 5) is 28.5. The van der Waals surface area contributed by atoms with Crippen LogP contribution in [0.25, 0.3) is 11.4 Å². The fourth-order valence-electron chi connectivity index (χ4n) is 3.28. The largest absolute Gasteiger partial charge is 0.491 e. The molecule has 29 heavy (non-hydrogen) atoms. The Bertz CT molecular complexity index is 964. The Hall–Kier alpha value is -3.37. The minimum atomic E-state index is -2.75. The van der Waals surface area contributed by atoms with Crippen LogP contribution in [-0.4, -0.2) is 53.3 Å². The average Bonchev–Trinajstić information content (AvgIpc) is 3.21. The molecule has 2 amide bonds. The molecule has 3 N–H and O–H groups in total. The number of anilines is 2. The van der Waals surface area contributed by atoms with Crippen LogP contribution in [0.4, 0.5) is 25.1 Å². The van der Waals surface area contributed by atoms with Crippen molar-refractivity contribution in [3.05, 3.63) is 24.4 Å². The van der Waals surface area contributed by atoms with Gasteiger partial charge in [0.1, 0.15) is 36.9 Å². The number of nitrogens with two attached hydrogens (primary N) is 1. The standard InChI is InChI=1S/C18H19F2N5O4/c1-9(16(21)26)22-10-2-3-11-13(6-10)28-5-4-24-7-14(23-17(11)24)25-12(15(19)20)8-29-18(25)27/h2-3,6-7,9,12,15,22H,4-5,8H2,1H3,(H2,21,26)/t9-,12+/m1/s1. The van der Waals surface area contributed by atoms with E-state index in [0.717, 1.165) is 4.90 Å². The van der Waals surface area contributed by atoms with Gasteiger partial charge in [0.15, 0.2) is 5.82 Å². The van der Waals surface area contributed by atoms with Gasteiger partial charge in [0.2, 0.25) is 5.91 Å². The molecular weight excluding hydrogens is 388 g/mol. The molecular formula is C18H19F2N5O4. The summed E-state index contributed by atoms with van der Waals surface area (Å²) in [5.74, 6) is 0.601. The van der Waals surface area contributed by atoms with Gasteiger partial charge in [-0.25, -0.2) is 23.5 Å². The van der Waals surface area contributed by atoms with Crippen LogP contribution in [0.15, 0.2) is 24.4 Å². The van der Waals surface area contributed by atoms with Crippen molar-refractivity contribution in [2.45, 2.75) is 32.0 Å². The van der Waals surface area contributed by atoms with E-state index in [1.807, 2.05) is 0 Å². The summed E-state index contributed by atoms with van der Waals surface area (Å²) < 4.78 is 38.8. The van der Waals surface area contributed by atoms with Crippen LogP contribution in [-0.2, 0) is 16.1 Å². The number of halogens is 2. The van der Waals surface area contributed by atoms with E-state index in [2.05, 4.69) is 10.3 Å². The van der Waals surface area contributed by atoms with E-state index in [9.17, 15) is 18.4 Å². The Kier molecular flexibility index (Phi) is 4.73. The van der Waals surface area contributed by atoms with Gasteiger partial charge in [0.25, 0.3) is 6.43 Å². The quantitative estimate of drug-likeness (QED) is 0.782. The van der Waals surface area contributed by atoms with E-state index in [0.29, 0.717) is 36.0 Å². The molecule has 1 saturated heterocycles. The zero-order valence-corrected chi connectivity index (χ0v) is 15.5. The van der Waals surface area contributed by atoms with E-state index in [-0.39, 0.29) is 12.4 Å². The number of cyclic esters (lactones) is 1. The maximum atomic E-state index is 13.3. The van der Waals surface area contributed by atoms with Crippen LogP contribution in [0.1, 0.15) is 6.92 Å². The average molecular weight is 407 g/mol. The number of hydrogen-bond acceptors (Lipinski definition) is 6. The van der Waals surface area contributed by atoms with Crippen molar-refractivity contribution in [3.8, 4) is 17.1 Å². The Balaban J connectivity index is 1.68. The van der Waals surface area contributed by atoms with Crippen molar-refractivity contribution in [3.63, 3.8) is 0 Å². The maximum Gasteiger partial charge on any atom is 0.416 e. The van der Waals surface area contributed by atoms with Gasteiger partial charge in [-0.05, 0) is 19.1 Å². The molecule has 2 aromatic rings. The van der Waals surface area contributed by atoms with E-state index in [1.165, 1.54) is 6.20 Å². The molecule has 0 unspecified atom stereocenters. The number of benzene rings is 1. The maximum absolute atomic E-state index is 13.3. The highest BCUT2D eigenvalue weighted by Gasteiger charge is 2.42. The third kappa shape index (κ3) is 3.43. The number of rotatable bonds is 5. The Morgan fingerprint density at radius 3 is 2.90 bits per heavy atom. The molecule has 2 aliphatic rings. The lowest BCUT2D eigenvalue weighted by atomic mass is 10.1. The number of aromatic nitrogens is 2. The number of imidazole rings is 1. The number of nitrogens with zero attached hydrogens (tertiary/aromatic N) is 3. The molecule has 11 heteroatoms. The van der Waals surface area contributed by atoms with Crippen LogP contribution >= 0.6 is 0 Å². The zero-order valence-electron chi connectivity index (χ0n) is 15.5. The van der Waals surface area contributed by atoms with Crippen molar-refractivity contribution in [2.75, 3.05) is 23.4 Å². The smallest absolute Gasteiger partial charge is 0.416 e. The molecule has 1 aromatic heterocycles. The van der Waals surface area contributed by atoms with E-state index >= 15 is 0 Å². The molecule has 2 atom stereocenters. The normalized spacial score (nSPS) is 19.1. The topological polar surface area (TPSA) is 112 Å². The molecule has 1 aromatic carbocycles. The minimum absolute atomic E-state index is 0.102. The Morgan fingerprint density at radius 1 is 1.38 bits per heavy atom. The molecule has 154 valence electrons. The first-order chi connectivity index (χ1) is 13.8. The van der Waals surface area contributed by atoms with Gasteiger partial charge in [-0.3, -0.25) is 4.79 Å². The van der Waals surface area contributed by atoms with Crippen LogP contribution < -0.4 is 20.7 Å².